The Hall–Kier alpha value is -1.61. The SMILES string of the molecule is C[C@H]1Cc2cc(S(=O)(=O)N3CCO[C@H](c4cnn(C)c4)C3)cc(Cl)c2O1. The van der Waals surface area contributed by atoms with Gasteiger partial charge in [0.2, 0.25) is 10.0 Å². The molecule has 0 spiro atoms. The highest BCUT2D eigenvalue weighted by Gasteiger charge is 2.34. The van der Waals surface area contributed by atoms with E-state index in [0.29, 0.717) is 30.3 Å². The molecule has 1 aromatic heterocycles. The molecule has 1 saturated heterocycles. The largest absolute Gasteiger partial charge is 0.489 e. The van der Waals surface area contributed by atoms with Crippen LogP contribution in [0.4, 0.5) is 0 Å². The van der Waals surface area contributed by atoms with Crippen LogP contribution >= 0.6 is 11.6 Å². The summed E-state index contributed by atoms with van der Waals surface area (Å²) in [5.74, 6) is 0.591. The number of aryl methyl sites for hydroxylation is 1. The van der Waals surface area contributed by atoms with Crippen molar-refractivity contribution in [2.24, 2.45) is 7.05 Å². The van der Waals surface area contributed by atoms with Crippen LogP contribution in [0.3, 0.4) is 0 Å². The van der Waals surface area contributed by atoms with Crippen molar-refractivity contribution in [3.8, 4) is 5.75 Å². The zero-order valence-corrected chi connectivity index (χ0v) is 16.1. The quantitative estimate of drug-likeness (QED) is 0.793. The van der Waals surface area contributed by atoms with Crippen molar-refractivity contribution < 1.29 is 17.9 Å². The molecule has 1 fully saturated rings. The molecule has 4 rings (SSSR count). The number of nitrogens with zero attached hydrogens (tertiary/aromatic N) is 3. The smallest absolute Gasteiger partial charge is 0.243 e. The van der Waals surface area contributed by atoms with E-state index in [2.05, 4.69) is 5.10 Å². The number of fused-ring (bicyclic) bond motifs is 1. The lowest BCUT2D eigenvalue weighted by atomic mass is 10.1. The Labute approximate surface area is 157 Å². The van der Waals surface area contributed by atoms with Crippen molar-refractivity contribution in [3.63, 3.8) is 0 Å². The molecule has 0 N–H and O–H groups in total. The minimum Gasteiger partial charge on any atom is -0.489 e. The predicted octanol–water partition coefficient (Wildman–Crippen LogP) is 2.16. The van der Waals surface area contributed by atoms with Crippen molar-refractivity contribution in [2.45, 2.75) is 30.4 Å². The van der Waals surface area contributed by atoms with E-state index in [1.807, 2.05) is 20.2 Å². The Balaban J connectivity index is 1.62. The molecule has 2 aliphatic rings. The Morgan fingerprint density at radius 3 is 2.88 bits per heavy atom. The summed E-state index contributed by atoms with van der Waals surface area (Å²) in [6, 6.07) is 3.15. The molecule has 0 unspecified atom stereocenters. The van der Waals surface area contributed by atoms with Gasteiger partial charge >= 0.3 is 0 Å². The maximum Gasteiger partial charge on any atom is 0.243 e. The van der Waals surface area contributed by atoms with Gasteiger partial charge in [-0.1, -0.05) is 11.6 Å². The van der Waals surface area contributed by atoms with E-state index in [4.69, 9.17) is 21.1 Å². The average molecular weight is 398 g/mol. The lowest BCUT2D eigenvalue weighted by molar-refractivity contribution is -0.00259. The lowest BCUT2D eigenvalue weighted by Gasteiger charge is -2.31. The first-order chi connectivity index (χ1) is 12.3. The van der Waals surface area contributed by atoms with Gasteiger partial charge in [0.25, 0.3) is 0 Å². The summed E-state index contributed by atoms with van der Waals surface area (Å²) in [5.41, 5.74) is 1.70. The molecule has 0 saturated carbocycles. The van der Waals surface area contributed by atoms with Gasteiger partial charge < -0.3 is 9.47 Å². The van der Waals surface area contributed by atoms with Gasteiger partial charge in [0.1, 0.15) is 11.9 Å². The molecule has 2 aliphatic heterocycles. The van der Waals surface area contributed by atoms with E-state index in [1.165, 1.54) is 10.4 Å². The summed E-state index contributed by atoms with van der Waals surface area (Å²) >= 11 is 6.27. The molecule has 26 heavy (non-hydrogen) atoms. The molecule has 140 valence electrons. The van der Waals surface area contributed by atoms with E-state index < -0.39 is 10.0 Å². The summed E-state index contributed by atoms with van der Waals surface area (Å²) < 4.78 is 40.8. The highest BCUT2D eigenvalue weighted by atomic mass is 35.5. The van der Waals surface area contributed by atoms with Crippen LogP contribution in [0.25, 0.3) is 0 Å². The molecular formula is C17H20ClN3O4S. The minimum atomic E-state index is -3.67. The molecule has 0 radical (unpaired) electrons. The zero-order chi connectivity index (χ0) is 18.5. The minimum absolute atomic E-state index is 0.00111. The summed E-state index contributed by atoms with van der Waals surface area (Å²) in [6.07, 6.45) is 3.86. The van der Waals surface area contributed by atoms with Crippen LogP contribution in [0.15, 0.2) is 29.4 Å². The van der Waals surface area contributed by atoms with Gasteiger partial charge in [-0.05, 0) is 19.1 Å². The van der Waals surface area contributed by atoms with Crippen molar-refractivity contribution in [1.29, 1.82) is 0 Å². The lowest BCUT2D eigenvalue weighted by Crippen LogP contribution is -2.42. The molecular weight excluding hydrogens is 378 g/mol. The van der Waals surface area contributed by atoms with Gasteiger partial charge in [-0.25, -0.2) is 8.42 Å². The molecule has 3 heterocycles. The van der Waals surface area contributed by atoms with Crippen molar-refractivity contribution in [2.75, 3.05) is 19.7 Å². The summed E-state index contributed by atoms with van der Waals surface area (Å²) in [7, 11) is -1.86. The third kappa shape index (κ3) is 3.11. The number of rotatable bonds is 3. The van der Waals surface area contributed by atoms with Crippen LogP contribution in [0.2, 0.25) is 5.02 Å². The van der Waals surface area contributed by atoms with E-state index in [1.54, 1.807) is 16.9 Å². The molecule has 0 aliphatic carbocycles. The van der Waals surface area contributed by atoms with Gasteiger partial charge in [-0.15, -0.1) is 0 Å². The number of halogens is 1. The second kappa shape index (κ2) is 6.53. The first-order valence-corrected chi connectivity index (χ1v) is 10.3. The first-order valence-electron chi connectivity index (χ1n) is 8.44. The molecule has 9 heteroatoms. The monoisotopic (exact) mass is 397 g/mol. The van der Waals surface area contributed by atoms with Crippen LogP contribution in [0, 0.1) is 0 Å². The number of aromatic nitrogens is 2. The number of sulfonamides is 1. The van der Waals surface area contributed by atoms with Crippen LogP contribution in [0.5, 0.6) is 5.75 Å². The Morgan fingerprint density at radius 1 is 1.35 bits per heavy atom. The first kappa shape index (κ1) is 17.8. The zero-order valence-electron chi connectivity index (χ0n) is 14.6. The average Bonchev–Trinajstić information content (AvgIpc) is 3.20. The van der Waals surface area contributed by atoms with E-state index in [9.17, 15) is 8.42 Å². The Bertz CT molecular complexity index is 943. The third-order valence-electron chi connectivity index (χ3n) is 4.68. The second-order valence-electron chi connectivity index (χ2n) is 6.70. The fourth-order valence-electron chi connectivity index (χ4n) is 3.41. The summed E-state index contributed by atoms with van der Waals surface area (Å²) in [5, 5.41) is 4.47. The van der Waals surface area contributed by atoms with E-state index >= 15 is 0 Å². The van der Waals surface area contributed by atoms with Crippen LogP contribution in [-0.2, 0) is 28.2 Å². The third-order valence-corrected chi connectivity index (χ3v) is 6.81. The Morgan fingerprint density at radius 2 is 2.15 bits per heavy atom. The topological polar surface area (TPSA) is 73.7 Å². The van der Waals surface area contributed by atoms with Crippen molar-refractivity contribution in [3.05, 3.63) is 40.7 Å². The molecule has 2 aromatic rings. The highest BCUT2D eigenvalue weighted by molar-refractivity contribution is 7.89. The predicted molar refractivity (Wildman–Crippen MR) is 95.9 cm³/mol. The number of hydrogen-bond acceptors (Lipinski definition) is 5. The number of morpholine rings is 1. The molecule has 7 nitrogen and oxygen atoms in total. The maximum absolute atomic E-state index is 13.2. The van der Waals surface area contributed by atoms with Gasteiger partial charge in [0.05, 0.1) is 28.8 Å². The van der Waals surface area contributed by atoms with Crippen LogP contribution < -0.4 is 4.74 Å². The Kier molecular flexibility index (Phi) is 4.46. The number of hydrogen-bond donors (Lipinski definition) is 0. The molecule has 2 atom stereocenters. The summed E-state index contributed by atoms with van der Waals surface area (Å²) in [4.78, 5) is 0.200. The standard InChI is InChI=1S/C17H20ClN3O4S/c1-11-5-12-6-14(7-15(18)17(12)25-11)26(22,23)21-3-4-24-16(10-21)13-8-19-20(2)9-13/h6-9,11,16H,3-5,10H2,1-2H3/t11-,16-/m0/s1. The van der Waals surface area contributed by atoms with Gasteiger partial charge in [-0.3, -0.25) is 4.68 Å². The van der Waals surface area contributed by atoms with E-state index in [-0.39, 0.29) is 23.6 Å². The van der Waals surface area contributed by atoms with Gasteiger partial charge in [-0.2, -0.15) is 9.40 Å². The number of benzene rings is 1. The fraction of sp³-hybridized carbons (Fsp3) is 0.471. The summed E-state index contributed by atoms with van der Waals surface area (Å²) in [6.45, 7) is 2.82. The van der Waals surface area contributed by atoms with Crippen LogP contribution in [-0.4, -0.2) is 48.3 Å². The van der Waals surface area contributed by atoms with E-state index in [0.717, 1.165) is 11.1 Å². The van der Waals surface area contributed by atoms with Crippen molar-refractivity contribution >= 4 is 21.6 Å². The van der Waals surface area contributed by atoms with Crippen LogP contribution in [0.1, 0.15) is 24.2 Å². The normalized spacial score (nSPS) is 23.7. The highest BCUT2D eigenvalue weighted by Crippen LogP contribution is 2.39. The molecule has 0 amide bonds. The fourth-order valence-corrected chi connectivity index (χ4v) is 5.26. The second-order valence-corrected chi connectivity index (χ2v) is 9.04. The molecule has 0 bridgehead atoms. The maximum atomic E-state index is 13.2. The van der Waals surface area contributed by atoms with Crippen molar-refractivity contribution in [1.82, 2.24) is 14.1 Å². The molecule has 1 aromatic carbocycles. The van der Waals surface area contributed by atoms with Gasteiger partial charge in [0, 0.05) is 43.9 Å². The van der Waals surface area contributed by atoms with Gasteiger partial charge in [0.15, 0.2) is 0 Å². The number of ether oxygens (including phenoxy) is 2.